The van der Waals surface area contributed by atoms with E-state index in [1.54, 1.807) is 18.6 Å². The predicted molar refractivity (Wildman–Crippen MR) is 170 cm³/mol. The number of imidazole rings is 1. The molecule has 0 bridgehead atoms. The molecule has 6 nitrogen and oxygen atoms in total. The number of nitrogens with zero attached hydrogens (tertiary/aromatic N) is 3. The standard InChI is InChI=1S/C38H32FN3O3/c1-26-14-13-21-31(27(26)2)38(44,32-22-23-40-35(34(32)39)36(43)45-3)33-24-42(25-41-33)37(28-15-7-4-8-16-28,29-17-9-5-10-18-29)30-19-11-6-12-20-30/h4-25,44H,1-3H3. The molecule has 0 fully saturated rings. The molecule has 2 heterocycles. The fourth-order valence-electron chi connectivity index (χ4n) is 6.20. The van der Waals surface area contributed by atoms with Crippen molar-refractivity contribution in [2.75, 3.05) is 7.11 Å². The molecule has 6 aromatic rings. The second kappa shape index (κ2) is 11.9. The minimum absolute atomic E-state index is 0.165. The minimum Gasteiger partial charge on any atom is -0.464 e. The van der Waals surface area contributed by atoms with E-state index in [2.05, 4.69) is 41.4 Å². The van der Waals surface area contributed by atoms with Gasteiger partial charge in [-0.25, -0.2) is 19.2 Å². The van der Waals surface area contributed by atoms with Gasteiger partial charge in [-0.1, -0.05) is 109 Å². The number of methoxy groups -OCH3 is 1. The number of hydrogen-bond acceptors (Lipinski definition) is 5. The lowest BCUT2D eigenvalue weighted by Gasteiger charge is -2.37. The Morgan fingerprint density at radius 1 is 0.756 bits per heavy atom. The molecule has 0 radical (unpaired) electrons. The molecular formula is C38H32FN3O3. The van der Waals surface area contributed by atoms with Gasteiger partial charge in [-0.15, -0.1) is 0 Å². The molecule has 0 aliphatic carbocycles. The van der Waals surface area contributed by atoms with E-state index in [4.69, 9.17) is 9.72 Å². The second-order valence-electron chi connectivity index (χ2n) is 10.9. The van der Waals surface area contributed by atoms with Crippen molar-refractivity contribution in [1.29, 1.82) is 0 Å². The number of halogens is 1. The molecule has 1 atom stereocenters. The van der Waals surface area contributed by atoms with E-state index < -0.39 is 28.6 Å². The van der Waals surface area contributed by atoms with E-state index in [1.807, 2.05) is 85.1 Å². The topological polar surface area (TPSA) is 77.2 Å². The van der Waals surface area contributed by atoms with Gasteiger partial charge >= 0.3 is 5.97 Å². The summed E-state index contributed by atoms with van der Waals surface area (Å²) in [7, 11) is 1.16. The van der Waals surface area contributed by atoms with Gasteiger partial charge in [-0.05, 0) is 53.3 Å². The highest BCUT2D eigenvalue weighted by Crippen LogP contribution is 2.44. The first-order valence-corrected chi connectivity index (χ1v) is 14.6. The number of carbonyl (C=O) groups excluding carboxylic acids is 1. The zero-order chi connectivity index (χ0) is 31.6. The Morgan fingerprint density at radius 3 is 1.84 bits per heavy atom. The third-order valence-electron chi connectivity index (χ3n) is 8.57. The van der Waals surface area contributed by atoms with Crippen molar-refractivity contribution < 1.29 is 19.0 Å². The lowest BCUT2D eigenvalue weighted by Crippen LogP contribution is -2.37. The Morgan fingerprint density at radius 2 is 1.31 bits per heavy atom. The third-order valence-corrected chi connectivity index (χ3v) is 8.57. The number of aromatic nitrogens is 3. The van der Waals surface area contributed by atoms with Crippen molar-refractivity contribution in [1.82, 2.24) is 14.5 Å². The van der Waals surface area contributed by atoms with Gasteiger partial charge in [-0.2, -0.15) is 0 Å². The average Bonchev–Trinajstić information content (AvgIpc) is 3.58. The van der Waals surface area contributed by atoms with Gasteiger partial charge in [-0.3, -0.25) is 0 Å². The van der Waals surface area contributed by atoms with Crippen molar-refractivity contribution in [2.24, 2.45) is 0 Å². The van der Waals surface area contributed by atoms with E-state index >= 15 is 4.39 Å². The van der Waals surface area contributed by atoms with Crippen LogP contribution in [0.4, 0.5) is 4.39 Å². The van der Waals surface area contributed by atoms with Crippen molar-refractivity contribution in [3.63, 3.8) is 0 Å². The molecule has 0 saturated heterocycles. The van der Waals surface area contributed by atoms with Crippen LogP contribution in [-0.2, 0) is 15.9 Å². The van der Waals surface area contributed by atoms with Gasteiger partial charge in [0.1, 0.15) is 5.54 Å². The van der Waals surface area contributed by atoms with Crippen LogP contribution in [0.25, 0.3) is 0 Å². The molecule has 0 aliphatic heterocycles. The van der Waals surface area contributed by atoms with Crippen LogP contribution in [0.2, 0.25) is 0 Å². The van der Waals surface area contributed by atoms with E-state index in [-0.39, 0.29) is 11.3 Å². The first-order chi connectivity index (χ1) is 21.8. The van der Waals surface area contributed by atoms with E-state index in [0.717, 1.165) is 34.9 Å². The molecule has 0 saturated carbocycles. The van der Waals surface area contributed by atoms with E-state index in [1.165, 1.54) is 12.3 Å². The third kappa shape index (κ3) is 4.82. The van der Waals surface area contributed by atoms with Gasteiger partial charge in [0.2, 0.25) is 0 Å². The number of esters is 1. The van der Waals surface area contributed by atoms with Crippen LogP contribution in [0.15, 0.2) is 134 Å². The highest BCUT2D eigenvalue weighted by Gasteiger charge is 2.44. The fourth-order valence-corrected chi connectivity index (χ4v) is 6.20. The number of hydrogen-bond donors (Lipinski definition) is 1. The largest absolute Gasteiger partial charge is 0.464 e. The highest BCUT2D eigenvalue weighted by molar-refractivity contribution is 5.87. The SMILES string of the molecule is COC(=O)c1nccc(C(O)(c2cn(C(c3ccccc3)(c3ccccc3)c3ccccc3)cn2)c2cccc(C)c2C)c1F. The van der Waals surface area contributed by atoms with Crippen molar-refractivity contribution >= 4 is 5.97 Å². The molecule has 45 heavy (non-hydrogen) atoms. The summed E-state index contributed by atoms with van der Waals surface area (Å²) >= 11 is 0. The molecule has 1 N–H and O–H groups in total. The summed E-state index contributed by atoms with van der Waals surface area (Å²) in [6, 6.07) is 37.0. The highest BCUT2D eigenvalue weighted by atomic mass is 19.1. The summed E-state index contributed by atoms with van der Waals surface area (Å²) < 4.78 is 23.0. The summed E-state index contributed by atoms with van der Waals surface area (Å²) in [6.07, 6.45) is 4.71. The number of ether oxygens (including phenoxy) is 1. The zero-order valence-electron chi connectivity index (χ0n) is 25.2. The van der Waals surface area contributed by atoms with Gasteiger partial charge < -0.3 is 14.4 Å². The maximum atomic E-state index is 16.3. The summed E-state index contributed by atoms with van der Waals surface area (Å²) in [5.74, 6) is -1.93. The Hall–Kier alpha value is -5.40. The van der Waals surface area contributed by atoms with Crippen LogP contribution in [0, 0.1) is 19.7 Å². The Labute approximate surface area is 261 Å². The number of rotatable bonds is 8. The van der Waals surface area contributed by atoms with E-state index in [0.29, 0.717) is 5.56 Å². The van der Waals surface area contributed by atoms with Crippen LogP contribution < -0.4 is 0 Å². The monoisotopic (exact) mass is 597 g/mol. The van der Waals surface area contributed by atoms with Crippen LogP contribution in [-0.4, -0.2) is 32.7 Å². The lowest BCUT2D eigenvalue weighted by molar-refractivity contribution is 0.0585. The number of aryl methyl sites for hydroxylation is 1. The number of pyridine rings is 1. The fraction of sp³-hybridized carbons (Fsp3) is 0.132. The summed E-state index contributed by atoms with van der Waals surface area (Å²) in [5.41, 5.74) is 1.44. The molecule has 1 unspecified atom stereocenters. The normalized spacial score (nSPS) is 12.8. The second-order valence-corrected chi connectivity index (χ2v) is 10.9. The molecule has 224 valence electrons. The Balaban J connectivity index is 1.69. The Kier molecular flexibility index (Phi) is 7.87. The van der Waals surface area contributed by atoms with Crippen molar-refractivity contribution in [3.05, 3.63) is 190 Å². The van der Waals surface area contributed by atoms with Crippen molar-refractivity contribution in [2.45, 2.75) is 25.0 Å². The van der Waals surface area contributed by atoms with E-state index in [9.17, 15) is 9.90 Å². The Bertz CT molecular complexity index is 1860. The van der Waals surface area contributed by atoms with Crippen LogP contribution in [0.5, 0.6) is 0 Å². The summed E-state index contributed by atoms with van der Waals surface area (Å²) in [6.45, 7) is 3.79. The predicted octanol–water partition coefficient (Wildman–Crippen LogP) is 6.95. The molecular weight excluding hydrogens is 565 g/mol. The molecule has 2 aromatic heterocycles. The van der Waals surface area contributed by atoms with Gasteiger partial charge in [0.15, 0.2) is 17.1 Å². The van der Waals surface area contributed by atoms with Crippen LogP contribution in [0.3, 0.4) is 0 Å². The number of benzene rings is 4. The van der Waals surface area contributed by atoms with Crippen LogP contribution in [0.1, 0.15) is 55.1 Å². The lowest BCUT2D eigenvalue weighted by atomic mass is 9.76. The van der Waals surface area contributed by atoms with Gasteiger partial charge in [0, 0.05) is 18.0 Å². The summed E-state index contributed by atoms with van der Waals surface area (Å²) in [5, 5.41) is 12.9. The van der Waals surface area contributed by atoms with Crippen LogP contribution >= 0.6 is 0 Å². The first kappa shape index (κ1) is 29.7. The molecule has 7 heteroatoms. The van der Waals surface area contributed by atoms with Gasteiger partial charge in [0.05, 0.1) is 19.1 Å². The van der Waals surface area contributed by atoms with Gasteiger partial charge in [0.25, 0.3) is 0 Å². The quantitative estimate of drug-likeness (QED) is 0.152. The molecule has 0 spiro atoms. The minimum atomic E-state index is -2.10. The maximum absolute atomic E-state index is 16.3. The smallest absolute Gasteiger partial charge is 0.359 e. The molecule has 6 rings (SSSR count). The molecule has 0 aliphatic rings. The number of aliphatic hydroxyl groups is 1. The van der Waals surface area contributed by atoms with Crippen molar-refractivity contribution in [3.8, 4) is 0 Å². The average molecular weight is 598 g/mol. The molecule has 4 aromatic carbocycles. The first-order valence-electron chi connectivity index (χ1n) is 14.6. The maximum Gasteiger partial charge on any atom is 0.359 e. The number of carbonyl (C=O) groups is 1. The zero-order valence-corrected chi connectivity index (χ0v) is 25.2. The molecule has 0 amide bonds. The summed E-state index contributed by atoms with van der Waals surface area (Å²) in [4.78, 5) is 21.2.